The molecule has 0 saturated carbocycles. The lowest BCUT2D eigenvalue weighted by Gasteiger charge is -2.30. The molecule has 0 bridgehead atoms. The lowest BCUT2D eigenvalue weighted by atomic mass is 9.82. The highest BCUT2D eigenvalue weighted by Crippen LogP contribution is 2.35. The highest BCUT2D eigenvalue weighted by molar-refractivity contribution is 5.80. The zero-order valence-corrected chi connectivity index (χ0v) is 16.0. The monoisotopic (exact) mass is 371 g/mol. The molecule has 1 aliphatic rings. The van der Waals surface area contributed by atoms with Gasteiger partial charge in [-0.05, 0) is 62.1 Å². The Morgan fingerprint density at radius 3 is 2.56 bits per heavy atom. The highest BCUT2D eigenvalue weighted by Gasteiger charge is 2.30. The number of hydrogen-bond donors (Lipinski definition) is 1. The SMILES string of the molecule is COc1ccc([C@H]2CNC(=O)[C@@H](Cc3ccc(F)cc3)C2)cc1OC(C)C. The van der Waals surface area contributed by atoms with Crippen molar-refractivity contribution in [2.45, 2.75) is 38.7 Å². The summed E-state index contributed by atoms with van der Waals surface area (Å²) >= 11 is 0. The molecule has 0 radical (unpaired) electrons. The minimum absolute atomic E-state index is 0.0476. The molecule has 2 atom stereocenters. The fourth-order valence-electron chi connectivity index (χ4n) is 3.53. The normalized spacial score (nSPS) is 19.7. The number of carbonyl (C=O) groups is 1. The molecule has 1 N–H and O–H groups in total. The van der Waals surface area contributed by atoms with Crippen molar-refractivity contribution in [1.82, 2.24) is 5.32 Å². The number of nitrogens with one attached hydrogen (secondary N) is 1. The summed E-state index contributed by atoms with van der Waals surface area (Å²) in [5.41, 5.74) is 2.09. The summed E-state index contributed by atoms with van der Waals surface area (Å²) in [6, 6.07) is 12.3. The number of ether oxygens (including phenoxy) is 2. The van der Waals surface area contributed by atoms with Crippen molar-refractivity contribution in [3.05, 3.63) is 59.4 Å². The van der Waals surface area contributed by atoms with Crippen molar-refractivity contribution < 1.29 is 18.7 Å². The molecule has 1 saturated heterocycles. The fourth-order valence-corrected chi connectivity index (χ4v) is 3.53. The van der Waals surface area contributed by atoms with Crippen LogP contribution in [0, 0.1) is 11.7 Å². The number of rotatable bonds is 6. The standard InChI is InChI=1S/C22H26FNO3/c1-14(2)27-21-12-16(6-9-20(21)26-3)18-11-17(22(25)24-13-18)10-15-4-7-19(23)8-5-15/h4-9,12,14,17-18H,10-11,13H2,1-3H3,(H,24,25)/t17-,18+/m0/s1. The van der Waals surface area contributed by atoms with Gasteiger partial charge in [0.15, 0.2) is 11.5 Å². The number of piperidine rings is 1. The van der Waals surface area contributed by atoms with Gasteiger partial charge in [-0.25, -0.2) is 4.39 Å². The van der Waals surface area contributed by atoms with E-state index in [9.17, 15) is 9.18 Å². The molecule has 0 aromatic heterocycles. The van der Waals surface area contributed by atoms with E-state index in [0.29, 0.717) is 18.7 Å². The Kier molecular flexibility index (Phi) is 5.99. The quantitative estimate of drug-likeness (QED) is 0.832. The molecule has 1 amide bonds. The van der Waals surface area contributed by atoms with Crippen LogP contribution < -0.4 is 14.8 Å². The fraction of sp³-hybridized carbons (Fsp3) is 0.409. The van der Waals surface area contributed by atoms with Crippen molar-refractivity contribution in [3.63, 3.8) is 0 Å². The van der Waals surface area contributed by atoms with Gasteiger partial charge in [-0.2, -0.15) is 0 Å². The average molecular weight is 371 g/mol. The predicted octanol–water partition coefficient (Wildman–Crippen LogP) is 4.08. The molecule has 1 aliphatic heterocycles. The Balaban J connectivity index is 1.76. The van der Waals surface area contributed by atoms with Gasteiger partial charge in [0.05, 0.1) is 13.2 Å². The Morgan fingerprint density at radius 2 is 1.89 bits per heavy atom. The van der Waals surface area contributed by atoms with Gasteiger partial charge in [0.1, 0.15) is 5.82 Å². The summed E-state index contributed by atoms with van der Waals surface area (Å²) < 4.78 is 24.4. The molecule has 3 rings (SSSR count). The maximum absolute atomic E-state index is 13.1. The molecule has 144 valence electrons. The number of methoxy groups -OCH3 is 1. The van der Waals surface area contributed by atoms with E-state index < -0.39 is 0 Å². The van der Waals surface area contributed by atoms with E-state index in [4.69, 9.17) is 9.47 Å². The van der Waals surface area contributed by atoms with E-state index in [1.807, 2.05) is 32.0 Å². The Labute approximate surface area is 159 Å². The van der Waals surface area contributed by atoms with Crippen LogP contribution in [0.3, 0.4) is 0 Å². The molecule has 1 heterocycles. The summed E-state index contributed by atoms with van der Waals surface area (Å²) in [6.45, 7) is 4.56. The summed E-state index contributed by atoms with van der Waals surface area (Å²) in [5.74, 6) is 1.29. The van der Waals surface area contributed by atoms with E-state index in [0.717, 1.165) is 23.3 Å². The third-order valence-electron chi connectivity index (χ3n) is 4.88. The average Bonchev–Trinajstić information content (AvgIpc) is 2.65. The smallest absolute Gasteiger partial charge is 0.223 e. The maximum Gasteiger partial charge on any atom is 0.223 e. The number of benzene rings is 2. The molecule has 0 unspecified atom stereocenters. The van der Waals surface area contributed by atoms with Crippen LogP contribution >= 0.6 is 0 Å². The number of carbonyl (C=O) groups excluding carboxylic acids is 1. The van der Waals surface area contributed by atoms with Crippen molar-refractivity contribution >= 4 is 5.91 Å². The van der Waals surface area contributed by atoms with Crippen LogP contribution in [0.2, 0.25) is 0 Å². The summed E-state index contributed by atoms with van der Waals surface area (Å²) in [6.07, 6.45) is 1.40. The minimum Gasteiger partial charge on any atom is -0.493 e. The van der Waals surface area contributed by atoms with Gasteiger partial charge in [0.2, 0.25) is 5.91 Å². The van der Waals surface area contributed by atoms with Crippen LogP contribution in [0.4, 0.5) is 4.39 Å². The Morgan fingerprint density at radius 1 is 1.15 bits per heavy atom. The van der Waals surface area contributed by atoms with Gasteiger partial charge >= 0.3 is 0 Å². The van der Waals surface area contributed by atoms with E-state index >= 15 is 0 Å². The first-order valence-corrected chi connectivity index (χ1v) is 9.33. The molecule has 2 aromatic carbocycles. The molecule has 27 heavy (non-hydrogen) atoms. The minimum atomic E-state index is -0.263. The van der Waals surface area contributed by atoms with Gasteiger partial charge in [-0.15, -0.1) is 0 Å². The first kappa shape index (κ1) is 19.2. The van der Waals surface area contributed by atoms with Crippen molar-refractivity contribution in [2.75, 3.05) is 13.7 Å². The van der Waals surface area contributed by atoms with Crippen LogP contribution in [0.15, 0.2) is 42.5 Å². The zero-order valence-electron chi connectivity index (χ0n) is 16.0. The van der Waals surface area contributed by atoms with Gasteiger partial charge in [0.25, 0.3) is 0 Å². The van der Waals surface area contributed by atoms with Gasteiger partial charge < -0.3 is 14.8 Å². The van der Waals surface area contributed by atoms with Gasteiger partial charge in [-0.3, -0.25) is 4.79 Å². The number of amides is 1. The van der Waals surface area contributed by atoms with Gasteiger partial charge in [0, 0.05) is 18.4 Å². The first-order valence-electron chi connectivity index (χ1n) is 9.33. The van der Waals surface area contributed by atoms with E-state index in [2.05, 4.69) is 5.32 Å². The van der Waals surface area contributed by atoms with Gasteiger partial charge in [-0.1, -0.05) is 18.2 Å². The second-order valence-electron chi connectivity index (χ2n) is 7.28. The number of halogens is 1. The zero-order chi connectivity index (χ0) is 19.4. The summed E-state index contributed by atoms with van der Waals surface area (Å²) in [4.78, 5) is 12.3. The maximum atomic E-state index is 13.1. The molecule has 5 heteroatoms. The molecule has 0 spiro atoms. The lowest BCUT2D eigenvalue weighted by Crippen LogP contribution is -2.41. The third kappa shape index (κ3) is 4.79. The van der Waals surface area contributed by atoms with Crippen LogP contribution in [0.25, 0.3) is 0 Å². The molecular weight excluding hydrogens is 345 g/mol. The lowest BCUT2D eigenvalue weighted by molar-refractivity contribution is -0.126. The first-order chi connectivity index (χ1) is 13.0. The molecular formula is C22H26FNO3. The van der Waals surface area contributed by atoms with Crippen LogP contribution in [-0.2, 0) is 11.2 Å². The van der Waals surface area contributed by atoms with Crippen molar-refractivity contribution in [2.24, 2.45) is 5.92 Å². The highest BCUT2D eigenvalue weighted by atomic mass is 19.1. The van der Waals surface area contributed by atoms with Crippen LogP contribution in [-0.4, -0.2) is 25.7 Å². The Hall–Kier alpha value is -2.56. The number of hydrogen-bond acceptors (Lipinski definition) is 3. The van der Waals surface area contributed by atoms with E-state index in [1.165, 1.54) is 12.1 Å². The van der Waals surface area contributed by atoms with Crippen LogP contribution in [0.5, 0.6) is 11.5 Å². The molecule has 0 aliphatic carbocycles. The molecule has 1 fully saturated rings. The van der Waals surface area contributed by atoms with Crippen LogP contribution in [0.1, 0.15) is 37.3 Å². The van der Waals surface area contributed by atoms with E-state index in [-0.39, 0.29) is 29.7 Å². The predicted molar refractivity (Wildman–Crippen MR) is 103 cm³/mol. The largest absolute Gasteiger partial charge is 0.493 e. The topological polar surface area (TPSA) is 47.6 Å². The summed E-state index contributed by atoms with van der Waals surface area (Å²) in [5, 5.41) is 3.02. The second kappa shape index (κ2) is 8.42. The molecule has 4 nitrogen and oxygen atoms in total. The second-order valence-corrected chi connectivity index (χ2v) is 7.28. The van der Waals surface area contributed by atoms with Crippen molar-refractivity contribution in [1.29, 1.82) is 0 Å². The third-order valence-corrected chi connectivity index (χ3v) is 4.88. The summed E-state index contributed by atoms with van der Waals surface area (Å²) in [7, 11) is 1.63. The molecule has 2 aromatic rings. The van der Waals surface area contributed by atoms with Crippen molar-refractivity contribution in [3.8, 4) is 11.5 Å². The Bertz CT molecular complexity index is 789. The van der Waals surface area contributed by atoms with E-state index in [1.54, 1.807) is 19.2 Å².